The lowest BCUT2D eigenvalue weighted by atomic mass is 10.0. The van der Waals surface area contributed by atoms with E-state index in [2.05, 4.69) is 20.4 Å². The van der Waals surface area contributed by atoms with Crippen LogP contribution in [0.15, 0.2) is 47.5 Å². The van der Waals surface area contributed by atoms with Gasteiger partial charge in [0.15, 0.2) is 0 Å². The molecule has 1 aromatic carbocycles. The summed E-state index contributed by atoms with van der Waals surface area (Å²) in [5.74, 6) is -0.338. The maximum atomic E-state index is 13.2. The van der Waals surface area contributed by atoms with Crippen LogP contribution in [0, 0.1) is 16.7 Å². The monoisotopic (exact) mass is 436 g/mol. The predicted octanol–water partition coefficient (Wildman–Crippen LogP) is 3.69. The number of amides is 3. The summed E-state index contributed by atoms with van der Waals surface area (Å²) in [5.41, 5.74) is 1.87. The lowest BCUT2D eigenvalue weighted by molar-refractivity contribution is -0.123. The number of carbonyl (C=O) groups excluding carboxylic acids is 2. The number of hydrogen-bond donors (Lipinski definition) is 1. The number of allylic oxidation sites excluding steroid dienone is 2. The summed E-state index contributed by atoms with van der Waals surface area (Å²) in [7, 11) is 2.59. The second kappa shape index (κ2) is 8.44. The minimum Gasteiger partial charge on any atom is -0.305 e. The SMILES string of the molecule is CC(=N)C(Cn1cc(N2C(=O)N(Cc3cccc(C#N)c3)C(C)(C)C2=O)cn1)=C(C)P. The number of nitrogens with zero attached hydrogens (tertiary/aromatic N) is 5. The van der Waals surface area contributed by atoms with Gasteiger partial charge in [0.05, 0.1) is 30.1 Å². The molecule has 1 aliphatic heterocycles. The lowest BCUT2D eigenvalue weighted by Gasteiger charge is -2.27. The fourth-order valence-electron chi connectivity index (χ4n) is 3.51. The van der Waals surface area contributed by atoms with Gasteiger partial charge in [-0.25, -0.2) is 9.69 Å². The Morgan fingerprint density at radius 1 is 1.29 bits per heavy atom. The molecule has 1 N–H and O–H groups in total. The van der Waals surface area contributed by atoms with Crippen LogP contribution in [0.1, 0.15) is 38.8 Å². The first-order chi connectivity index (χ1) is 14.6. The molecule has 1 aromatic heterocycles. The van der Waals surface area contributed by atoms with Gasteiger partial charge in [0.2, 0.25) is 0 Å². The molecule has 9 heteroatoms. The van der Waals surface area contributed by atoms with Crippen LogP contribution in [0.5, 0.6) is 0 Å². The number of rotatable bonds is 6. The molecule has 1 atom stereocenters. The van der Waals surface area contributed by atoms with Gasteiger partial charge in [-0.15, -0.1) is 9.24 Å². The third-order valence-corrected chi connectivity index (χ3v) is 5.70. The molecule has 3 amide bonds. The molecule has 0 radical (unpaired) electrons. The largest absolute Gasteiger partial charge is 0.332 e. The molecular formula is C22H25N6O2P. The lowest BCUT2D eigenvalue weighted by Crippen LogP contribution is -2.43. The highest BCUT2D eigenvalue weighted by molar-refractivity contribution is 7.22. The topological polar surface area (TPSA) is 106 Å². The van der Waals surface area contributed by atoms with Crippen molar-refractivity contribution in [2.75, 3.05) is 4.90 Å². The Kier molecular flexibility index (Phi) is 6.10. The third kappa shape index (κ3) is 4.28. The van der Waals surface area contributed by atoms with Crippen molar-refractivity contribution in [3.63, 3.8) is 0 Å². The molecule has 1 fully saturated rings. The second-order valence-electron chi connectivity index (χ2n) is 8.06. The van der Waals surface area contributed by atoms with Gasteiger partial charge < -0.3 is 10.3 Å². The molecule has 31 heavy (non-hydrogen) atoms. The van der Waals surface area contributed by atoms with Crippen molar-refractivity contribution in [2.24, 2.45) is 0 Å². The molecule has 8 nitrogen and oxygen atoms in total. The number of imide groups is 1. The molecule has 0 aliphatic carbocycles. The van der Waals surface area contributed by atoms with Crippen LogP contribution >= 0.6 is 9.24 Å². The van der Waals surface area contributed by atoms with Gasteiger partial charge in [-0.1, -0.05) is 12.1 Å². The van der Waals surface area contributed by atoms with Gasteiger partial charge >= 0.3 is 6.03 Å². The van der Waals surface area contributed by atoms with Crippen LogP contribution in [0.4, 0.5) is 10.5 Å². The molecule has 2 aromatic rings. The van der Waals surface area contributed by atoms with E-state index in [0.717, 1.165) is 21.4 Å². The number of aromatic nitrogens is 2. The van der Waals surface area contributed by atoms with Crippen LogP contribution in [0.25, 0.3) is 0 Å². The van der Waals surface area contributed by atoms with E-state index in [4.69, 9.17) is 10.7 Å². The fraction of sp³-hybridized carbons (Fsp3) is 0.318. The Labute approximate surface area is 183 Å². The highest BCUT2D eigenvalue weighted by Gasteiger charge is 2.52. The van der Waals surface area contributed by atoms with E-state index in [0.29, 0.717) is 23.5 Å². The minimum atomic E-state index is -1.05. The Bertz CT molecular complexity index is 1140. The van der Waals surface area contributed by atoms with Crippen LogP contribution in [-0.4, -0.2) is 37.9 Å². The van der Waals surface area contributed by atoms with Gasteiger partial charge in [-0.05, 0) is 56.3 Å². The van der Waals surface area contributed by atoms with Crippen LogP contribution < -0.4 is 4.90 Å². The van der Waals surface area contributed by atoms with Crippen molar-refractivity contribution in [2.45, 2.75) is 46.3 Å². The Balaban J connectivity index is 1.88. The number of hydrogen-bond acceptors (Lipinski definition) is 5. The number of anilines is 1. The molecule has 1 unspecified atom stereocenters. The van der Waals surface area contributed by atoms with E-state index in [1.807, 2.05) is 13.0 Å². The summed E-state index contributed by atoms with van der Waals surface area (Å²) in [6.45, 7) is 7.62. The van der Waals surface area contributed by atoms with Crippen molar-refractivity contribution in [1.82, 2.24) is 14.7 Å². The number of nitriles is 1. The molecule has 0 bridgehead atoms. The van der Waals surface area contributed by atoms with Crippen LogP contribution in [0.3, 0.4) is 0 Å². The number of urea groups is 1. The smallest absolute Gasteiger partial charge is 0.305 e. The average molecular weight is 436 g/mol. The van der Waals surface area contributed by atoms with Crippen LogP contribution in [-0.2, 0) is 17.9 Å². The Morgan fingerprint density at radius 2 is 2.00 bits per heavy atom. The predicted molar refractivity (Wildman–Crippen MR) is 122 cm³/mol. The van der Waals surface area contributed by atoms with E-state index in [1.165, 1.54) is 11.1 Å². The first kappa shape index (κ1) is 22.4. The van der Waals surface area contributed by atoms with E-state index < -0.39 is 11.6 Å². The maximum Gasteiger partial charge on any atom is 0.332 e. The second-order valence-corrected chi connectivity index (χ2v) is 8.93. The first-order valence-electron chi connectivity index (χ1n) is 9.74. The summed E-state index contributed by atoms with van der Waals surface area (Å²) in [5, 5.41) is 22.3. The molecule has 0 saturated carbocycles. The third-order valence-electron chi connectivity index (χ3n) is 5.35. The minimum absolute atomic E-state index is 0.212. The number of benzene rings is 1. The summed E-state index contributed by atoms with van der Waals surface area (Å²) < 4.78 is 1.61. The molecule has 160 valence electrons. The van der Waals surface area contributed by atoms with Crippen LogP contribution in [0.2, 0.25) is 0 Å². The van der Waals surface area contributed by atoms with E-state index >= 15 is 0 Å². The molecule has 0 spiro atoms. The molecule has 1 saturated heterocycles. The number of nitrogens with one attached hydrogen (secondary N) is 1. The molecule has 1 aliphatic rings. The van der Waals surface area contributed by atoms with Gasteiger partial charge in [0.25, 0.3) is 5.91 Å². The van der Waals surface area contributed by atoms with Crippen molar-refractivity contribution >= 4 is 32.6 Å². The molecular weight excluding hydrogens is 411 g/mol. The summed E-state index contributed by atoms with van der Waals surface area (Å²) in [4.78, 5) is 29.0. The highest BCUT2D eigenvalue weighted by Crippen LogP contribution is 2.33. The zero-order chi connectivity index (χ0) is 22.9. The van der Waals surface area contributed by atoms with Gasteiger partial charge in [0.1, 0.15) is 5.54 Å². The first-order valence-corrected chi connectivity index (χ1v) is 10.3. The molecule has 3 rings (SSSR count). The summed E-state index contributed by atoms with van der Waals surface area (Å²) in [6, 6.07) is 8.66. The number of carbonyl (C=O) groups is 2. The standard InChI is InChI=1S/C22H25N6O2P/c1-14(24)19(15(2)31)13-26-12-18(10-25-26)28-20(29)22(3,4)27(21(28)30)11-17-7-5-6-16(8-17)9-23/h5-8,10,12,24H,11,13,31H2,1-4H3. The van der Waals surface area contributed by atoms with E-state index in [9.17, 15) is 9.59 Å². The Morgan fingerprint density at radius 3 is 2.61 bits per heavy atom. The van der Waals surface area contributed by atoms with Gasteiger partial charge in [0, 0.05) is 18.5 Å². The normalized spacial score (nSPS) is 16.4. The molecule has 2 heterocycles. The van der Waals surface area contributed by atoms with E-state index in [-0.39, 0.29) is 12.5 Å². The summed E-state index contributed by atoms with van der Waals surface area (Å²) >= 11 is 0. The highest BCUT2D eigenvalue weighted by atomic mass is 31.0. The van der Waals surface area contributed by atoms with Crippen molar-refractivity contribution < 1.29 is 9.59 Å². The fourth-order valence-corrected chi connectivity index (χ4v) is 3.81. The average Bonchev–Trinajstić information content (AvgIpc) is 3.23. The zero-order valence-electron chi connectivity index (χ0n) is 18.0. The van der Waals surface area contributed by atoms with Gasteiger partial charge in [-0.3, -0.25) is 9.48 Å². The quantitative estimate of drug-likeness (QED) is 0.423. The maximum absolute atomic E-state index is 13.2. The van der Waals surface area contributed by atoms with Crippen molar-refractivity contribution in [3.8, 4) is 6.07 Å². The van der Waals surface area contributed by atoms with Crippen molar-refractivity contribution in [3.05, 3.63) is 58.7 Å². The van der Waals surface area contributed by atoms with Gasteiger partial charge in [-0.2, -0.15) is 10.4 Å². The summed E-state index contributed by atoms with van der Waals surface area (Å²) in [6.07, 6.45) is 3.13. The van der Waals surface area contributed by atoms with Crippen molar-refractivity contribution in [1.29, 1.82) is 10.7 Å². The van der Waals surface area contributed by atoms with E-state index in [1.54, 1.807) is 49.8 Å². The zero-order valence-corrected chi connectivity index (χ0v) is 19.2. The Hall–Kier alpha value is -3.30.